The molecule has 3 nitrogen and oxygen atoms in total. The van der Waals surface area contributed by atoms with Gasteiger partial charge in [0.15, 0.2) is 0 Å². The van der Waals surface area contributed by atoms with Gasteiger partial charge < -0.3 is 10.2 Å². The molecular formula is C15H13Br4NO2. The highest BCUT2D eigenvalue weighted by molar-refractivity contribution is 9.11. The molecule has 0 saturated carbocycles. The van der Waals surface area contributed by atoms with Crippen molar-refractivity contribution in [1.29, 1.82) is 0 Å². The highest BCUT2D eigenvalue weighted by atomic mass is 79.9. The van der Waals surface area contributed by atoms with Gasteiger partial charge in [-0.1, -0.05) is 31.9 Å². The first kappa shape index (κ1) is 18.3. The summed E-state index contributed by atoms with van der Waals surface area (Å²) in [6.07, 6.45) is 0. The number of aromatic hydroxyl groups is 2. The van der Waals surface area contributed by atoms with Crippen molar-refractivity contribution in [1.82, 2.24) is 4.90 Å². The van der Waals surface area contributed by atoms with Gasteiger partial charge in [0.05, 0.1) is 8.95 Å². The molecule has 0 aliphatic carbocycles. The molecule has 2 aromatic rings. The highest BCUT2D eigenvalue weighted by Gasteiger charge is 2.13. The van der Waals surface area contributed by atoms with Crippen LogP contribution in [0.15, 0.2) is 42.2 Å². The maximum atomic E-state index is 10.1. The number of rotatable bonds is 4. The molecule has 0 radical (unpaired) electrons. The Kier molecular flexibility index (Phi) is 6.36. The van der Waals surface area contributed by atoms with Crippen molar-refractivity contribution < 1.29 is 10.2 Å². The second-order valence-electron chi connectivity index (χ2n) is 4.96. The van der Waals surface area contributed by atoms with Crippen LogP contribution in [-0.2, 0) is 13.1 Å². The molecule has 0 amide bonds. The monoisotopic (exact) mass is 555 g/mol. The van der Waals surface area contributed by atoms with Crippen molar-refractivity contribution in [3.05, 3.63) is 53.3 Å². The van der Waals surface area contributed by atoms with E-state index < -0.39 is 0 Å². The molecule has 2 rings (SSSR count). The topological polar surface area (TPSA) is 43.7 Å². The lowest BCUT2D eigenvalue weighted by Crippen LogP contribution is -2.17. The number of phenolic OH excluding ortho intramolecular Hbond substituents is 2. The number of hydrogen-bond donors (Lipinski definition) is 2. The zero-order chi connectivity index (χ0) is 16.4. The molecule has 2 N–H and O–H groups in total. The molecule has 0 aliphatic rings. The summed E-state index contributed by atoms with van der Waals surface area (Å²) in [6, 6.07) is 7.37. The molecule has 0 aliphatic heterocycles. The van der Waals surface area contributed by atoms with Crippen molar-refractivity contribution in [3.8, 4) is 11.5 Å². The summed E-state index contributed by atoms with van der Waals surface area (Å²) < 4.78 is 3.10. The van der Waals surface area contributed by atoms with Gasteiger partial charge >= 0.3 is 0 Å². The Balaban J connectivity index is 2.19. The lowest BCUT2D eigenvalue weighted by Gasteiger charge is -2.19. The van der Waals surface area contributed by atoms with Gasteiger partial charge in [-0.05, 0) is 63.2 Å². The van der Waals surface area contributed by atoms with Crippen LogP contribution in [0.3, 0.4) is 0 Å². The van der Waals surface area contributed by atoms with Crippen molar-refractivity contribution in [2.24, 2.45) is 0 Å². The lowest BCUT2D eigenvalue weighted by atomic mass is 10.1. The molecule has 0 unspecified atom stereocenters. The van der Waals surface area contributed by atoms with Gasteiger partial charge in [-0.25, -0.2) is 0 Å². The van der Waals surface area contributed by atoms with E-state index in [0.717, 1.165) is 20.1 Å². The molecule has 118 valence electrons. The van der Waals surface area contributed by atoms with Crippen molar-refractivity contribution >= 4 is 63.7 Å². The number of nitrogens with zero attached hydrogens (tertiary/aromatic N) is 1. The maximum absolute atomic E-state index is 10.1. The smallest absolute Gasteiger partial charge is 0.134 e. The predicted molar refractivity (Wildman–Crippen MR) is 102 cm³/mol. The van der Waals surface area contributed by atoms with Crippen LogP contribution in [-0.4, -0.2) is 22.2 Å². The van der Waals surface area contributed by atoms with E-state index in [9.17, 15) is 10.2 Å². The Morgan fingerprint density at radius 1 is 0.773 bits per heavy atom. The van der Waals surface area contributed by atoms with Gasteiger partial charge in [0.25, 0.3) is 0 Å². The van der Waals surface area contributed by atoms with Gasteiger partial charge in [0.1, 0.15) is 11.5 Å². The van der Waals surface area contributed by atoms with E-state index in [1.807, 2.05) is 24.1 Å². The fourth-order valence-corrected chi connectivity index (χ4v) is 4.74. The van der Waals surface area contributed by atoms with Crippen LogP contribution in [0.4, 0.5) is 0 Å². The molecule has 0 heterocycles. The number of benzene rings is 2. The van der Waals surface area contributed by atoms with Crippen LogP contribution in [0.1, 0.15) is 11.1 Å². The summed E-state index contributed by atoms with van der Waals surface area (Å²) in [7, 11) is 1.93. The highest BCUT2D eigenvalue weighted by Crippen LogP contribution is 2.34. The second kappa shape index (κ2) is 7.66. The van der Waals surface area contributed by atoms with E-state index in [-0.39, 0.29) is 11.5 Å². The zero-order valence-corrected chi connectivity index (χ0v) is 17.9. The molecule has 7 heteroatoms. The average molecular weight is 559 g/mol. The predicted octanol–water partition coefficient (Wildman–Crippen LogP) is 5.78. The molecular weight excluding hydrogens is 546 g/mol. The minimum Gasteiger partial charge on any atom is -0.506 e. The van der Waals surface area contributed by atoms with Crippen molar-refractivity contribution in [2.45, 2.75) is 13.1 Å². The first-order chi connectivity index (χ1) is 10.3. The molecule has 0 saturated heterocycles. The van der Waals surface area contributed by atoms with E-state index in [0.29, 0.717) is 22.0 Å². The van der Waals surface area contributed by atoms with Crippen LogP contribution in [0, 0.1) is 0 Å². The summed E-state index contributed by atoms with van der Waals surface area (Å²) in [4.78, 5) is 2.02. The van der Waals surface area contributed by atoms with Gasteiger partial charge in [0, 0.05) is 33.2 Å². The fraction of sp³-hybridized carbons (Fsp3) is 0.200. The van der Waals surface area contributed by atoms with Crippen LogP contribution in [0.2, 0.25) is 0 Å². The number of halogens is 4. The first-order valence-corrected chi connectivity index (χ1v) is 9.47. The van der Waals surface area contributed by atoms with E-state index >= 15 is 0 Å². The van der Waals surface area contributed by atoms with Gasteiger partial charge in [0.2, 0.25) is 0 Å². The molecule has 0 aromatic heterocycles. The Bertz CT molecular complexity index is 647. The summed E-state index contributed by atoms with van der Waals surface area (Å²) in [5, 5.41) is 20.2. The lowest BCUT2D eigenvalue weighted by molar-refractivity contribution is 0.306. The molecule has 0 atom stereocenters. The second-order valence-corrected chi connectivity index (χ2v) is 8.50. The van der Waals surface area contributed by atoms with Crippen molar-refractivity contribution in [3.63, 3.8) is 0 Å². The van der Waals surface area contributed by atoms with Crippen LogP contribution in [0.5, 0.6) is 11.5 Å². The molecule has 22 heavy (non-hydrogen) atoms. The summed E-state index contributed by atoms with van der Waals surface area (Å²) in [6.45, 7) is 1.10. The van der Waals surface area contributed by atoms with Gasteiger partial charge in [-0.2, -0.15) is 0 Å². The average Bonchev–Trinajstić information content (AvgIpc) is 2.41. The van der Waals surface area contributed by atoms with E-state index in [4.69, 9.17) is 0 Å². The third-order valence-corrected chi connectivity index (χ3v) is 5.22. The van der Waals surface area contributed by atoms with E-state index in [1.165, 1.54) is 0 Å². The Hall–Kier alpha value is -0.0800. The maximum Gasteiger partial charge on any atom is 0.134 e. The van der Waals surface area contributed by atoms with E-state index in [1.54, 1.807) is 12.1 Å². The number of hydrogen-bond acceptors (Lipinski definition) is 3. The van der Waals surface area contributed by atoms with E-state index in [2.05, 4.69) is 63.7 Å². The fourth-order valence-electron chi connectivity index (χ4n) is 2.12. The third-order valence-electron chi connectivity index (χ3n) is 3.09. The van der Waals surface area contributed by atoms with Gasteiger partial charge in [-0.3, -0.25) is 4.90 Å². The summed E-state index contributed by atoms with van der Waals surface area (Å²) in [5.41, 5.74) is 1.61. The molecule has 0 fully saturated rings. The van der Waals surface area contributed by atoms with Gasteiger partial charge in [-0.15, -0.1) is 0 Å². The zero-order valence-electron chi connectivity index (χ0n) is 11.6. The van der Waals surface area contributed by atoms with Crippen LogP contribution in [0.25, 0.3) is 0 Å². The summed E-state index contributed by atoms with van der Waals surface area (Å²) in [5.74, 6) is 0.462. The molecule has 0 bridgehead atoms. The third kappa shape index (κ3) is 4.47. The SMILES string of the molecule is CN(Cc1cc(Br)cc(Br)c1O)Cc1cc(Br)cc(Br)c1O. The minimum atomic E-state index is 0.231. The standard InChI is InChI=1S/C15H13Br4NO2/c1-20(6-8-2-10(16)4-12(18)14(8)21)7-9-3-11(17)5-13(19)15(9)22/h2-5,21-22H,6-7H2,1H3. The largest absolute Gasteiger partial charge is 0.506 e. The van der Waals surface area contributed by atoms with Crippen LogP contribution >= 0.6 is 63.7 Å². The Morgan fingerprint density at radius 2 is 1.14 bits per heavy atom. The molecule has 2 aromatic carbocycles. The first-order valence-electron chi connectivity index (χ1n) is 6.30. The normalized spacial score (nSPS) is 11.2. The Labute approximate surface area is 162 Å². The van der Waals surface area contributed by atoms with Crippen molar-refractivity contribution in [2.75, 3.05) is 7.05 Å². The molecule has 0 spiro atoms. The summed E-state index contributed by atoms with van der Waals surface area (Å²) >= 11 is 13.5. The van der Waals surface area contributed by atoms with Crippen LogP contribution < -0.4 is 0 Å². The Morgan fingerprint density at radius 3 is 1.50 bits per heavy atom. The number of phenols is 2. The quantitative estimate of drug-likeness (QED) is 0.500. The minimum absolute atomic E-state index is 0.231.